The van der Waals surface area contributed by atoms with Crippen molar-refractivity contribution in [1.29, 1.82) is 0 Å². The Morgan fingerprint density at radius 1 is 0.938 bits per heavy atom. The zero-order valence-electron chi connectivity index (χ0n) is 19.5. The first-order valence-electron chi connectivity index (χ1n) is 11.5. The summed E-state index contributed by atoms with van der Waals surface area (Å²) in [6.07, 6.45) is 1.40. The molecule has 0 radical (unpaired) electrons. The van der Waals surface area contributed by atoms with Crippen LogP contribution in [0.1, 0.15) is 48.2 Å². The van der Waals surface area contributed by atoms with Crippen molar-refractivity contribution in [3.8, 4) is 0 Å². The Bertz CT molecular complexity index is 1140. The number of piperidine rings is 1. The molecule has 0 atom stereocenters. The van der Waals surface area contributed by atoms with Crippen LogP contribution in [-0.2, 0) is 4.79 Å². The number of anilines is 1. The van der Waals surface area contributed by atoms with Crippen LogP contribution in [0.4, 0.5) is 5.69 Å². The van der Waals surface area contributed by atoms with E-state index in [-0.39, 0.29) is 23.8 Å². The Balaban J connectivity index is 1.49. The fourth-order valence-corrected chi connectivity index (χ4v) is 4.74. The monoisotopic (exact) mass is 428 g/mol. The molecule has 0 bridgehead atoms. The SMILES string of the molecule is Cc1ccc(C)c(N(C(=O)C2CCN(C(=O)c3cccc4ccccc34)CC2)C(C)C)c1. The Labute approximate surface area is 190 Å². The molecular formula is C28H32N2O2. The first kappa shape index (κ1) is 22.1. The maximum Gasteiger partial charge on any atom is 0.254 e. The van der Waals surface area contributed by atoms with Crippen LogP contribution in [0.3, 0.4) is 0 Å². The molecule has 1 fully saturated rings. The zero-order valence-corrected chi connectivity index (χ0v) is 19.5. The predicted octanol–water partition coefficient (Wildman–Crippen LogP) is 5.75. The second kappa shape index (κ2) is 9.15. The summed E-state index contributed by atoms with van der Waals surface area (Å²) in [7, 11) is 0. The van der Waals surface area contributed by atoms with Gasteiger partial charge in [-0.1, -0.05) is 48.5 Å². The Kier molecular flexibility index (Phi) is 6.31. The van der Waals surface area contributed by atoms with Gasteiger partial charge in [0.1, 0.15) is 0 Å². The van der Waals surface area contributed by atoms with E-state index in [1.165, 1.54) is 0 Å². The summed E-state index contributed by atoms with van der Waals surface area (Å²) in [6, 6.07) is 20.2. The number of benzene rings is 3. The van der Waals surface area contributed by atoms with Crippen molar-refractivity contribution in [2.45, 2.75) is 46.6 Å². The van der Waals surface area contributed by atoms with Crippen molar-refractivity contribution in [2.24, 2.45) is 5.92 Å². The quantitative estimate of drug-likeness (QED) is 0.531. The van der Waals surface area contributed by atoms with Gasteiger partial charge in [-0.3, -0.25) is 9.59 Å². The van der Waals surface area contributed by atoms with Crippen LogP contribution in [0.25, 0.3) is 10.8 Å². The molecule has 0 saturated carbocycles. The number of fused-ring (bicyclic) bond motifs is 1. The van der Waals surface area contributed by atoms with Crippen LogP contribution in [0.2, 0.25) is 0 Å². The maximum atomic E-state index is 13.5. The molecule has 1 saturated heterocycles. The van der Waals surface area contributed by atoms with E-state index >= 15 is 0 Å². The van der Waals surface area contributed by atoms with Gasteiger partial charge in [0.05, 0.1) is 0 Å². The fourth-order valence-electron chi connectivity index (χ4n) is 4.74. The fraction of sp³-hybridized carbons (Fsp3) is 0.357. The highest BCUT2D eigenvalue weighted by atomic mass is 16.2. The second-order valence-corrected chi connectivity index (χ2v) is 9.19. The van der Waals surface area contributed by atoms with Gasteiger partial charge in [0.15, 0.2) is 0 Å². The highest BCUT2D eigenvalue weighted by molar-refractivity contribution is 6.07. The van der Waals surface area contributed by atoms with Crippen molar-refractivity contribution in [3.05, 3.63) is 77.4 Å². The third kappa shape index (κ3) is 4.27. The molecule has 2 amide bonds. The lowest BCUT2D eigenvalue weighted by Crippen LogP contribution is -2.46. The number of carbonyl (C=O) groups excluding carboxylic acids is 2. The molecule has 0 unspecified atom stereocenters. The summed E-state index contributed by atoms with van der Waals surface area (Å²) in [6.45, 7) is 9.47. The molecule has 4 rings (SSSR count). The summed E-state index contributed by atoms with van der Waals surface area (Å²) in [5.41, 5.74) is 4.01. The summed E-state index contributed by atoms with van der Waals surface area (Å²) in [4.78, 5) is 30.7. The third-order valence-electron chi connectivity index (χ3n) is 6.53. The van der Waals surface area contributed by atoms with E-state index in [0.29, 0.717) is 25.9 Å². The van der Waals surface area contributed by atoms with Gasteiger partial charge in [-0.15, -0.1) is 0 Å². The van der Waals surface area contributed by atoms with Crippen LogP contribution >= 0.6 is 0 Å². The van der Waals surface area contributed by atoms with Gasteiger partial charge in [-0.2, -0.15) is 0 Å². The normalized spacial score (nSPS) is 14.7. The molecule has 0 aromatic heterocycles. The number of amides is 2. The standard InChI is InChI=1S/C28H32N2O2/c1-19(2)30(26-18-20(3)12-13-21(26)4)27(31)23-14-16-29(17-15-23)28(32)25-11-7-9-22-8-5-6-10-24(22)25/h5-13,18-19,23H,14-17H2,1-4H3. The van der Waals surface area contributed by atoms with Crippen molar-refractivity contribution in [3.63, 3.8) is 0 Å². The summed E-state index contributed by atoms with van der Waals surface area (Å²) in [5, 5.41) is 2.06. The van der Waals surface area contributed by atoms with Gasteiger partial charge in [0, 0.05) is 36.3 Å². The zero-order chi connectivity index (χ0) is 22.8. The molecule has 3 aromatic carbocycles. The molecule has 0 aliphatic carbocycles. The molecule has 4 nitrogen and oxygen atoms in total. The van der Waals surface area contributed by atoms with Gasteiger partial charge >= 0.3 is 0 Å². The molecule has 0 spiro atoms. The number of carbonyl (C=O) groups is 2. The number of likely N-dealkylation sites (tertiary alicyclic amines) is 1. The van der Waals surface area contributed by atoms with E-state index in [1.807, 2.05) is 52.3 Å². The Hall–Kier alpha value is -3.14. The minimum atomic E-state index is -0.0612. The van der Waals surface area contributed by atoms with Gasteiger partial charge in [0.25, 0.3) is 5.91 Å². The highest BCUT2D eigenvalue weighted by Gasteiger charge is 2.33. The average Bonchev–Trinajstić information content (AvgIpc) is 2.80. The molecule has 32 heavy (non-hydrogen) atoms. The van der Waals surface area contributed by atoms with E-state index in [1.54, 1.807) is 0 Å². The van der Waals surface area contributed by atoms with E-state index in [9.17, 15) is 9.59 Å². The van der Waals surface area contributed by atoms with Gasteiger partial charge in [0.2, 0.25) is 5.91 Å². The Morgan fingerprint density at radius 2 is 1.62 bits per heavy atom. The van der Waals surface area contributed by atoms with E-state index in [4.69, 9.17) is 0 Å². The van der Waals surface area contributed by atoms with E-state index in [0.717, 1.165) is 33.2 Å². The third-order valence-corrected chi connectivity index (χ3v) is 6.53. The number of rotatable bonds is 4. The van der Waals surface area contributed by atoms with E-state index in [2.05, 4.69) is 45.9 Å². The van der Waals surface area contributed by atoms with Crippen LogP contribution in [0.15, 0.2) is 60.7 Å². The highest BCUT2D eigenvalue weighted by Crippen LogP contribution is 2.29. The van der Waals surface area contributed by atoms with E-state index < -0.39 is 0 Å². The number of nitrogens with zero attached hydrogens (tertiary/aromatic N) is 2. The molecular weight excluding hydrogens is 396 g/mol. The summed E-state index contributed by atoms with van der Waals surface area (Å²) < 4.78 is 0. The van der Waals surface area contributed by atoms with Gasteiger partial charge < -0.3 is 9.80 Å². The molecule has 3 aromatic rings. The molecule has 166 valence electrons. The summed E-state index contributed by atoms with van der Waals surface area (Å²) in [5.74, 6) is 0.169. The minimum absolute atomic E-state index is 0.0583. The largest absolute Gasteiger partial charge is 0.339 e. The second-order valence-electron chi connectivity index (χ2n) is 9.19. The van der Waals surface area contributed by atoms with Gasteiger partial charge in [-0.05, 0) is 74.6 Å². The van der Waals surface area contributed by atoms with Crippen molar-refractivity contribution >= 4 is 28.3 Å². The summed E-state index contributed by atoms with van der Waals surface area (Å²) >= 11 is 0. The first-order chi connectivity index (χ1) is 15.4. The Morgan fingerprint density at radius 3 is 2.34 bits per heavy atom. The lowest BCUT2D eigenvalue weighted by molar-refractivity contribution is -0.124. The molecule has 0 N–H and O–H groups in total. The van der Waals surface area contributed by atoms with Crippen molar-refractivity contribution < 1.29 is 9.59 Å². The average molecular weight is 429 g/mol. The molecule has 4 heteroatoms. The number of hydrogen-bond acceptors (Lipinski definition) is 2. The molecule has 1 heterocycles. The lowest BCUT2D eigenvalue weighted by atomic mass is 9.93. The first-order valence-corrected chi connectivity index (χ1v) is 11.5. The number of hydrogen-bond donors (Lipinski definition) is 0. The van der Waals surface area contributed by atoms with Gasteiger partial charge in [-0.25, -0.2) is 0 Å². The van der Waals surface area contributed by atoms with Crippen molar-refractivity contribution in [2.75, 3.05) is 18.0 Å². The predicted molar refractivity (Wildman–Crippen MR) is 131 cm³/mol. The topological polar surface area (TPSA) is 40.6 Å². The maximum absolute atomic E-state index is 13.5. The van der Waals surface area contributed by atoms with Crippen molar-refractivity contribution in [1.82, 2.24) is 4.90 Å². The minimum Gasteiger partial charge on any atom is -0.339 e. The van der Waals surface area contributed by atoms with Crippen LogP contribution < -0.4 is 4.90 Å². The lowest BCUT2D eigenvalue weighted by Gasteiger charge is -2.36. The molecule has 1 aliphatic rings. The van der Waals surface area contributed by atoms with Crippen LogP contribution in [0, 0.1) is 19.8 Å². The number of aryl methyl sites for hydroxylation is 2. The molecule has 1 aliphatic heterocycles. The van der Waals surface area contributed by atoms with Crippen LogP contribution in [-0.4, -0.2) is 35.8 Å². The van der Waals surface area contributed by atoms with Crippen LogP contribution in [0.5, 0.6) is 0 Å². The smallest absolute Gasteiger partial charge is 0.254 e.